The molecule has 1 aliphatic rings. The first-order valence-corrected chi connectivity index (χ1v) is 8.19. The van der Waals surface area contributed by atoms with Crippen LogP contribution in [0.5, 0.6) is 0 Å². The smallest absolute Gasteiger partial charge is 0.242 e. The van der Waals surface area contributed by atoms with Crippen LogP contribution < -0.4 is 4.90 Å². The van der Waals surface area contributed by atoms with Crippen molar-refractivity contribution < 1.29 is 19.2 Å². The number of fused-ring (bicyclic) bond motifs is 1. The molecule has 1 unspecified atom stereocenters. The summed E-state index contributed by atoms with van der Waals surface area (Å²) in [5.74, 6) is -0.539. The van der Waals surface area contributed by atoms with Crippen LogP contribution in [0, 0.1) is 5.82 Å². The molecule has 0 aromatic heterocycles. The van der Waals surface area contributed by atoms with Crippen molar-refractivity contribution in [2.75, 3.05) is 11.4 Å². The lowest BCUT2D eigenvalue weighted by molar-refractivity contribution is -0.150. The molecule has 5 nitrogen and oxygen atoms in total. The van der Waals surface area contributed by atoms with Gasteiger partial charge in [-0.25, -0.2) is 9.45 Å². The highest BCUT2D eigenvalue weighted by molar-refractivity contribution is 8.01. The SMILES string of the molecule is O=CN(O)CC1Sc2ccccc2N(Cc2ccc(F)cc2)C1=O. The van der Waals surface area contributed by atoms with Gasteiger partial charge in [-0.15, -0.1) is 11.8 Å². The predicted molar refractivity (Wildman–Crippen MR) is 88.2 cm³/mol. The molecule has 124 valence electrons. The van der Waals surface area contributed by atoms with Crippen LogP contribution in [-0.2, 0) is 16.1 Å². The maximum absolute atomic E-state index is 13.1. The fourth-order valence-electron chi connectivity index (χ4n) is 2.54. The Labute approximate surface area is 142 Å². The molecule has 24 heavy (non-hydrogen) atoms. The number of nitrogens with zero attached hydrogens (tertiary/aromatic N) is 2. The average Bonchev–Trinajstić information content (AvgIpc) is 2.60. The molecule has 0 bridgehead atoms. The Morgan fingerprint density at radius 2 is 1.92 bits per heavy atom. The number of para-hydroxylation sites is 1. The molecule has 2 amide bonds. The van der Waals surface area contributed by atoms with Gasteiger partial charge in [-0.2, -0.15) is 0 Å². The average molecular weight is 346 g/mol. The van der Waals surface area contributed by atoms with E-state index < -0.39 is 5.25 Å². The molecular weight excluding hydrogens is 331 g/mol. The Morgan fingerprint density at radius 3 is 2.62 bits per heavy atom. The van der Waals surface area contributed by atoms with Crippen molar-refractivity contribution >= 4 is 29.8 Å². The van der Waals surface area contributed by atoms with Crippen molar-refractivity contribution in [1.29, 1.82) is 0 Å². The maximum atomic E-state index is 13.1. The van der Waals surface area contributed by atoms with E-state index in [0.717, 1.165) is 16.1 Å². The zero-order chi connectivity index (χ0) is 17.1. The van der Waals surface area contributed by atoms with Gasteiger partial charge >= 0.3 is 0 Å². The number of amides is 2. The first kappa shape index (κ1) is 16.5. The maximum Gasteiger partial charge on any atom is 0.242 e. The second kappa shape index (κ2) is 7.02. The van der Waals surface area contributed by atoms with E-state index >= 15 is 0 Å². The summed E-state index contributed by atoms with van der Waals surface area (Å²) in [6.45, 7) is 0.195. The highest BCUT2D eigenvalue weighted by Crippen LogP contribution is 2.39. The minimum atomic E-state index is -0.601. The molecule has 1 aliphatic heterocycles. The number of halogens is 1. The van der Waals surface area contributed by atoms with Gasteiger partial charge in [0.15, 0.2) is 0 Å². The van der Waals surface area contributed by atoms with Crippen molar-refractivity contribution in [3.63, 3.8) is 0 Å². The number of hydroxylamine groups is 2. The lowest BCUT2D eigenvalue weighted by Gasteiger charge is -2.34. The van der Waals surface area contributed by atoms with Gasteiger partial charge in [-0.05, 0) is 29.8 Å². The first-order valence-electron chi connectivity index (χ1n) is 7.31. The molecule has 0 fully saturated rings. The Kier molecular flexibility index (Phi) is 4.82. The minimum Gasteiger partial charge on any atom is -0.306 e. The number of rotatable bonds is 5. The van der Waals surface area contributed by atoms with Crippen LogP contribution in [0.25, 0.3) is 0 Å². The molecule has 2 aromatic rings. The summed E-state index contributed by atoms with van der Waals surface area (Å²) in [6.07, 6.45) is 0.276. The van der Waals surface area contributed by atoms with Gasteiger partial charge in [-0.1, -0.05) is 24.3 Å². The van der Waals surface area contributed by atoms with E-state index in [1.165, 1.54) is 23.9 Å². The van der Waals surface area contributed by atoms with Gasteiger partial charge in [0.05, 0.1) is 18.8 Å². The molecule has 1 heterocycles. The van der Waals surface area contributed by atoms with Crippen molar-refractivity contribution in [3.8, 4) is 0 Å². The molecule has 1 atom stereocenters. The Balaban J connectivity index is 1.91. The van der Waals surface area contributed by atoms with E-state index in [4.69, 9.17) is 0 Å². The summed E-state index contributed by atoms with van der Waals surface area (Å²) in [4.78, 5) is 25.9. The number of benzene rings is 2. The summed E-state index contributed by atoms with van der Waals surface area (Å²) < 4.78 is 13.1. The number of carbonyl (C=O) groups is 2. The normalized spacial score (nSPS) is 16.7. The van der Waals surface area contributed by atoms with Crippen LogP contribution >= 0.6 is 11.8 Å². The Bertz CT molecular complexity index is 754. The van der Waals surface area contributed by atoms with Crippen molar-refractivity contribution in [2.24, 2.45) is 0 Å². The monoisotopic (exact) mass is 346 g/mol. The standard InChI is InChI=1S/C17H15FN2O3S/c18-13-7-5-12(6-8-13)9-20-14-3-1-2-4-15(14)24-16(17(20)22)10-19(23)11-21/h1-8,11,16,23H,9-10H2. The summed E-state index contributed by atoms with van der Waals surface area (Å²) >= 11 is 1.31. The third-order valence-corrected chi connectivity index (χ3v) is 4.93. The second-order valence-corrected chi connectivity index (χ2v) is 6.60. The van der Waals surface area contributed by atoms with Gasteiger partial charge in [0.25, 0.3) is 0 Å². The van der Waals surface area contributed by atoms with Gasteiger partial charge in [0, 0.05) is 4.90 Å². The predicted octanol–water partition coefficient (Wildman–Crippen LogP) is 2.68. The van der Waals surface area contributed by atoms with Crippen molar-refractivity contribution in [3.05, 3.63) is 59.9 Å². The number of anilines is 1. The zero-order valence-corrected chi connectivity index (χ0v) is 13.4. The van der Waals surface area contributed by atoms with E-state index in [-0.39, 0.29) is 24.7 Å². The molecule has 1 N–H and O–H groups in total. The van der Waals surface area contributed by atoms with E-state index in [1.54, 1.807) is 17.0 Å². The summed E-state index contributed by atoms with van der Waals surface area (Å²) in [5.41, 5.74) is 1.56. The minimum absolute atomic E-state index is 0.0960. The molecule has 0 aliphatic carbocycles. The van der Waals surface area contributed by atoms with Crippen LogP contribution in [0.2, 0.25) is 0 Å². The lowest BCUT2D eigenvalue weighted by atomic mass is 10.1. The van der Waals surface area contributed by atoms with E-state index in [0.29, 0.717) is 11.6 Å². The first-order chi connectivity index (χ1) is 11.6. The Hall–Kier alpha value is -2.38. The molecule has 7 heteroatoms. The molecule has 0 radical (unpaired) electrons. The van der Waals surface area contributed by atoms with Gasteiger partial charge in [0.1, 0.15) is 11.1 Å². The molecule has 0 saturated carbocycles. The summed E-state index contributed by atoms with van der Waals surface area (Å²) in [5, 5.41) is 9.29. The van der Waals surface area contributed by atoms with Crippen LogP contribution in [0.4, 0.5) is 10.1 Å². The third-order valence-electron chi connectivity index (χ3n) is 3.70. The quantitative estimate of drug-likeness (QED) is 0.514. The summed E-state index contributed by atoms with van der Waals surface area (Å²) in [6, 6.07) is 13.4. The van der Waals surface area contributed by atoms with Gasteiger partial charge in [-0.3, -0.25) is 14.8 Å². The van der Waals surface area contributed by atoms with Crippen LogP contribution in [0.1, 0.15) is 5.56 Å². The van der Waals surface area contributed by atoms with Gasteiger partial charge in [0.2, 0.25) is 12.3 Å². The number of carbonyl (C=O) groups excluding carboxylic acids is 2. The molecule has 0 saturated heterocycles. The van der Waals surface area contributed by atoms with Crippen LogP contribution in [-0.4, -0.2) is 34.4 Å². The second-order valence-electron chi connectivity index (χ2n) is 5.35. The largest absolute Gasteiger partial charge is 0.306 e. The fraction of sp³-hybridized carbons (Fsp3) is 0.176. The number of hydrogen-bond donors (Lipinski definition) is 1. The van der Waals surface area contributed by atoms with E-state index in [1.807, 2.05) is 24.3 Å². The van der Waals surface area contributed by atoms with E-state index in [2.05, 4.69) is 0 Å². The molecule has 3 rings (SSSR count). The van der Waals surface area contributed by atoms with Crippen molar-refractivity contribution in [1.82, 2.24) is 5.06 Å². The van der Waals surface area contributed by atoms with Gasteiger partial charge < -0.3 is 4.90 Å². The van der Waals surface area contributed by atoms with Crippen LogP contribution in [0.3, 0.4) is 0 Å². The van der Waals surface area contributed by atoms with Crippen LogP contribution in [0.15, 0.2) is 53.4 Å². The highest BCUT2D eigenvalue weighted by atomic mass is 32.2. The number of hydrogen-bond acceptors (Lipinski definition) is 4. The molecule has 0 spiro atoms. The van der Waals surface area contributed by atoms with E-state index in [9.17, 15) is 19.2 Å². The molecule has 2 aromatic carbocycles. The zero-order valence-electron chi connectivity index (χ0n) is 12.6. The highest BCUT2D eigenvalue weighted by Gasteiger charge is 2.34. The lowest BCUT2D eigenvalue weighted by Crippen LogP contribution is -2.45. The third kappa shape index (κ3) is 3.42. The topological polar surface area (TPSA) is 60.9 Å². The molecular formula is C17H15FN2O3S. The van der Waals surface area contributed by atoms with Crippen molar-refractivity contribution in [2.45, 2.75) is 16.7 Å². The fourth-order valence-corrected chi connectivity index (χ4v) is 3.76. The number of thioether (sulfide) groups is 1. The summed E-state index contributed by atoms with van der Waals surface area (Å²) in [7, 11) is 0. The Morgan fingerprint density at radius 1 is 1.21 bits per heavy atom.